The van der Waals surface area contributed by atoms with Crippen molar-refractivity contribution in [2.75, 3.05) is 26.5 Å². The van der Waals surface area contributed by atoms with Crippen LogP contribution in [0, 0.1) is 5.92 Å². The molecule has 0 heterocycles. The quantitative estimate of drug-likeness (QED) is 0.759. The van der Waals surface area contributed by atoms with Crippen LogP contribution in [-0.4, -0.2) is 56.8 Å². The number of amides is 1. The van der Waals surface area contributed by atoms with Crippen LogP contribution in [-0.2, 0) is 14.6 Å². The number of benzene rings is 1. The van der Waals surface area contributed by atoms with Gasteiger partial charge in [0, 0.05) is 19.3 Å². The zero-order valence-corrected chi connectivity index (χ0v) is 15.1. The molecule has 0 aliphatic heterocycles. The number of carboxylic acid groups (broad SMARTS) is 1. The number of sulfone groups is 1. The Hall–Kier alpha value is -2.09. The molecule has 0 aliphatic rings. The summed E-state index contributed by atoms with van der Waals surface area (Å²) in [5.74, 6) is -1.08. The first kappa shape index (κ1) is 20.0. The van der Waals surface area contributed by atoms with E-state index < -0.39 is 21.7 Å². The number of rotatable bonds is 8. The van der Waals surface area contributed by atoms with Gasteiger partial charge in [0.15, 0.2) is 9.84 Å². The van der Waals surface area contributed by atoms with Gasteiger partial charge in [-0.15, -0.1) is 0 Å². The van der Waals surface area contributed by atoms with E-state index in [-0.39, 0.29) is 35.1 Å². The minimum atomic E-state index is -3.48. The van der Waals surface area contributed by atoms with Gasteiger partial charge >= 0.3 is 5.97 Å². The van der Waals surface area contributed by atoms with Crippen molar-refractivity contribution in [1.29, 1.82) is 0 Å². The van der Waals surface area contributed by atoms with Crippen LogP contribution in [0.2, 0.25) is 0 Å². The van der Waals surface area contributed by atoms with Gasteiger partial charge in [0.2, 0.25) is 0 Å². The molecule has 0 saturated heterocycles. The number of ether oxygens (including phenoxy) is 1. The number of carbonyl (C=O) groups excluding carboxylic acids is 1. The highest BCUT2D eigenvalue weighted by Gasteiger charge is 2.23. The molecule has 1 amide bonds. The summed E-state index contributed by atoms with van der Waals surface area (Å²) in [5.41, 5.74) is 0.103. The molecule has 0 aliphatic carbocycles. The van der Waals surface area contributed by atoms with Gasteiger partial charge in [0.05, 0.1) is 24.0 Å². The normalized spacial score (nSPS) is 11.4. The van der Waals surface area contributed by atoms with Crippen LogP contribution in [0.15, 0.2) is 23.1 Å². The Balaban J connectivity index is 3.26. The van der Waals surface area contributed by atoms with Crippen LogP contribution in [0.25, 0.3) is 0 Å². The second kappa shape index (κ2) is 8.14. The second-order valence-corrected chi connectivity index (χ2v) is 7.94. The summed E-state index contributed by atoms with van der Waals surface area (Å²) in [6.45, 7) is 4.22. The number of aliphatic carboxylic acids is 1. The molecule has 0 aromatic heterocycles. The van der Waals surface area contributed by atoms with Gasteiger partial charge in [-0.2, -0.15) is 0 Å². The van der Waals surface area contributed by atoms with Gasteiger partial charge in [-0.25, -0.2) is 8.42 Å². The third-order valence-corrected chi connectivity index (χ3v) is 4.41. The number of carboxylic acids is 1. The summed E-state index contributed by atoms with van der Waals surface area (Å²) in [7, 11) is -2.09. The Morgan fingerprint density at radius 2 is 1.92 bits per heavy atom. The Kier molecular flexibility index (Phi) is 6.77. The monoisotopic (exact) mass is 357 g/mol. The lowest BCUT2D eigenvalue weighted by molar-refractivity contribution is -0.137. The molecule has 1 N–H and O–H groups in total. The predicted octanol–water partition coefficient (Wildman–Crippen LogP) is 1.67. The molecule has 0 spiro atoms. The molecule has 0 atom stereocenters. The molecule has 134 valence electrons. The van der Waals surface area contributed by atoms with Crippen LogP contribution in [0.5, 0.6) is 5.75 Å². The first-order chi connectivity index (χ1) is 11.1. The van der Waals surface area contributed by atoms with Crippen molar-refractivity contribution in [2.24, 2.45) is 5.92 Å². The van der Waals surface area contributed by atoms with Gasteiger partial charge in [-0.05, 0) is 24.1 Å². The van der Waals surface area contributed by atoms with Gasteiger partial charge in [0.25, 0.3) is 5.91 Å². The van der Waals surface area contributed by atoms with E-state index in [1.807, 2.05) is 13.8 Å². The highest BCUT2D eigenvalue weighted by atomic mass is 32.2. The molecule has 0 unspecified atom stereocenters. The standard InChI is InChI=1S/C16H23NO6S/c1-11(2)10-17(8-7-15(18)19)16(20)13-9-12(24(4,21)22)5-6-14(13)23-3/h5-6,9,11H,7-8,10H2,1-4H3,(H,18,19). The molecule has 0 fully saturated rings. The topological polar surface area (TPSA) is 101 Å². The summed E-state index contributed by atoms with van der Waals surface area (Å²) in [5, 5.41) is 8.86. The molecular weight excluding hydrogens is 334 g/mol. The van der Waals surface area contributed by atoms with E-state index in [9.17, 15) is 18.0 Å². The number of carbonyl (C=O) groups is 2. The smallest absolute Gasteiger partial charge is 0.305 e. The van der Waals surface area contributed by atoms with E-state index in [4.69, 9.17) is 9.84 Å². The third-order valence-electron chi connectivity index (χ3n) is 3.30. The Morgan fingerprint density at radius 3 is 2.38 bits per heavy atom. The van der Waals surface area contributed by atoms with Crippen LogP contribution in [0.4, 0.5) is 0 Å². The number of nitrogens with zero attached hydrogens (tertiary/aromatic N) is 1. The predicted molar refractivity (Wildman–Crippen MR) is 89.1 cm³/mol. The van der Waals surface area contributed by atoms with Crippen LogP contribution in [0.1, 0.15) is 30.6 Å². The maximum absolute atomic E-state index is 12.8. The molecule has 8 heteroatoms. The van der Waals surface area contributed by atoms with E-state index in [2.05, 4.69) is 0 Å². The maximum atomic E-state index is 12.8. The molecule has 24 heavy (non-hydrogen) atoms. The van der Waals surface area contributed by atoms with E-state index in [0.29, 0.717) is 6.54 Å². The zero-order chi connectivity index (χ0) is 18.5. The van der Waals surface area contributed by atoms with Crippen molar-refractivity contribution < 1.29 is 27.9 Å². The van der Waals surface area contributed by atoms with Crippen LogP contribution >= 0.6 is 0 Å². The Bertz CT molecular complexity index is 711. The van der Waals surface area contributed by atoms with Crippen molar-refractivity contribution in [3.05, 3.63) is 23.8 Å². The molecule has 0 radical (unpaired) electrons. The molecule has 1 rings (SSSR count). The largest absolute Gasteiger partial charge is 0.496 e. The number of methoxy groups -OCH3 is 1. The van der Waals surface area contributed by atoms with Gasteiger partial charge < -0.3 is 14.7 Å². The first-order valence-corrected chi connectivity index (χ1v) is 9.34. The van der Waals surface area contributed by atoms with Crippen molar-refractivity contribution in [1.82, 2.24) is 4.90 Å². The van der Waals surface area contributed by atoms with Gasteiger partial charge in [0.1, 0.15) is 5.75 Å². The Labute approximate surface area is 142 Å². The lowest BCUT2D eigenvalue weighted by Crippen LogP contribution is -2.36. The van der Waals surface area contributed by atoms with E-state index in [1.165, 1.54) is 30.2 Å². The van der Waals surface area contributed by atoms with Crippen molar-refractivity contribution in [3.8, 4) is 5.75 Å². The second-order valence-electron chi connectivity index (χ2n) is 5.92. The first-order valence-electron chi connectivity index (χ1n) is 7.45. The molecule has 1 aromatic carbocycles. The van der Waals surface area contributed by atoms with E-state index >= 15 is 0 Å². The summed E-state index contributed by atoms with van der Waals surface area (Å²) in [6.07, 6.45) is 0.867. The minimum absolute atomic E-state index is 0.00869. The fraction of sp³-hybridized carbons (Fsp3) is 0.500. The molecular formula is C16H23NO6S. The number of hydrogen-bond acceptors (Lipinski definition) is 5. The fourth-order valence-corrected chi connectivity index (χ4v) is 2.85. The summed E-state index contributed by atoms with van der Waals surface area (Å²) < 4.78 is 28.6. The Morgan fingerprint density at radius 1 is 1.29 bits per heavy atom. The zero-order valence-electron chi connectivity index (χ0n) is 14.3. The van der Waals surface area contributed by atoms with Crippen molar-refractivity contribution >= 4 is 21.7 Å². The lowest BCUT2D eigenvalue weighted by atomic mass is 10.1. The summed E-state index contributed by atoms with van der Waals surface area (Å²) >= 11 is 0. The average Bonchev–Trinajstić information content (AvgIpc) is 2.48. The minimum Gasteiger partial charge on any atom is -0.496 e. The molecule has 0 bridgehead atoms. The van der Waals surface area contributed by atoms with Crippen LogP contribution in [0.3, 0.4) is 0 Å². The van der Waals surface area contributed by atoms with Crippen LogP contribution < -0.4 is 4.74 Å². The number of hydrogen-bond donors (Lipinski definition) is 1. The maximum Gasteiger partial charge on any atom is 0.305 e. The van der Waals surface area contributed by atoms with E-state index in [1.54, 1.807) is 0 Å². The third kappa shape index (κ3) is 5.52. The SMILES string of the molecule is COc1ccc(S(C)(=O)=O)cc1C(=O)N(CCC(=O)O)CC(C)C. The van der Waals surface area contributed by atoms with Crippen molar-refractivity contribution in [3.63, 3.8) is 0 Å². The molecule has 7 nitrogen and oxygen atoms in total. The average molecular weight is 357 g/mol. The van der Waals surface area contributed by atoms with Gasteiger partial charge in [-0.1, -0.05) is 13.8 Å². The molecule has 1 aromatic rings. The fourth-order valence-electron chi connectivity index (χ4n) is 2.20. The highest BCUT2D eigenvalue weighted by Crippen LogP contribution is 2.24. The summed E-state index contributed by atoms with van der Waals surface area (Å²) in [6, 6.07) is 4.06. The van der Waals surface area contributed by atoms with E-state index in [0.717, 1.165) is 6.26 Å². The van der Waals surface area contributed by atoms with Gasteiger partial charge in [-0.3, -0.25) is 9.59 Å². The lowest BCUT2D eigenvalue weighted by Gasteiger charge is -2.25. The molecule has 0 saturated carbocycles. The van der Waals surface area contributed by atoms with Crippen molar-refractivity contribution in [2.45, 2.75) is 25.2 Å². The highest BCUT2D eigenvalue weighted by molar-refractivity contribution is 7.90. The summed E-state index contributed by atoms with van der Waals surface area (Å²) in [4.78, 5) is 25.0.